The fourth-order valence-electron chi connectivity index (χ4n) is 1.71. The van der Waals surface area contributed by atoms with Gasteiger partial charge in [0.25, 0.3) is 0 Å². The number of ether oxygens (including phenoxy) is 1. The molecule has 0 aliphatic heterocycles. The zero-order valence-corrected chi connectivity index (χ0v) is 11.1. The van der Waals surface area contributed by atoms with Crippen molar-refractivity contribution in [3.8, 4) is 11.6 Å². The highest BCUT2D eigenvalue weighted by Gasteiger charge is 2.06. The molecule has 0 atom stereocenters. The van der Waals surface area contributed by atoms with E-state index in [1.165, 1.54) is 6.07 Å². The van der Waals surface area contributed by atoms with Gasteiger partial charge in [0.1, 0.15) is 0 Å². The van der Waals surface area contributed by atoms with Crippen LogP contribution >= 0.6 is 0 Å². The first-order valence-electron chi connectivity index (χ1n) is 6.30. The molecule has 19 heavy (non-hydrogen) atoms. The molecule has 1 aromatic carbocycles. The minimum Gasteiger partial charge on any atom is -0.436 e. The quantitative estimate of drug-likeness (QED) is 0.894. The largest absolute Gasteiger partial charge is 0.436 e. The zero-order chi connectivity index (χ0) is 13.7. The molecule has 0 radical (unpaired) electrons. The predicted molar refractivity (Wildman–Crippen MR) is 72.8 cm³/mol. The lowest BCUT2D eigenvalue weighted by atomic mass is 10.2. The van der Waals surface area contributed by atoms with Crippen LogP contribution in [-0.4, -0.2) is 11.5 Å². The van der Waals surface area contributed by atoms with Crippen molar-refractivity contribution in [2.75, 3.05) is 6.54 Å². The van der Waals surface area contributed by atoms with Crippen LogP contribution in [0.2, 0.25) is 0 Å². The van der Waals surface area contributed by atoms with Gasteiger partial charge in [0, 0.05) is 18.3 Å². The molecule has 0 spiro atoms. The highest BCUT2D eigenvalue weighted by molar-refractivity contribution is 5.31. The summed E-state index contributed by atoms with van der Waals surface area (Å²) in [7, 11) is 0. The van der Waals surface area contributed by atoms with Crippen LogP contribution in [0.4, 0.5) is 4.39 Å². The lowest BCUT2D eigenvalue weighted by Crippen LogP contribution is -2.13. The van der Waals surface area contributed by atoms with Gasteiger partial charge in [0.05, 0.1) is 0 Å². The van der Waals surface area contributed by atoms with Crippen LogP contribution in [-0.2, 0) is 6.54 Å². The number of aryl methyl sites for hydroxylation is 1. The van der Waals surface area contributed by atoms with Gasteiger partial charge in [-0.1, -0.05) is 25.1 Å². The number of nitrogens with zero attached hydrogens (tertiary/aromatic N) is 1. The Morgan fingerprint density at radius 3 is 2.68 bits per heavy atom. The van der Waals surface area contributed by atoms with Gasteiger partial charge < -0.3 is 10.1 Å². The van der Waals surface area contributed by atoms with Crippen LogP contribution in [0.1, 0.15) is 18.2 Å². The van der Waals surface area contributed by atoms with Crippen LogP contribution in [0.15, 0.2) is 36.4 Å². The third kappa shape index (κ3) is 3.51. The topological polar surface area (TPSA) is 34.1 Å². The number of hydrogen-bond acceptors (Lipinski definition) is 3. The fraction of sp³-hybridized carbons (Fsp3) is 0.267. The summed E-state index contributed by atoms with van der Waals surface area (Å²) in [5.41, 5.74) is 2.00. The summed E-state index contributed by atoms with van der Waals surface area (Å²) < 4.78 is 18.9. The lowest BCUT2D eigenvalue weighted by Gasteiger charge is -2.09. The summed E-state index contributed by atoms with van der Waals surface area (Å²) in [6, 6.07) is 10.00. The summed E-state index contributed by atoms with van der Waals surface area (Å²) in [4.78, 5) is 4.33. The van der Waals surface area contributed by atoms with E-state index in [1.807, 2.05) is 13.0 Å². The van der Waals surface area contributed by atoms with E-state index >= 15 is 0 Å². The average molecular weight is 260 g/mol. The molecule has 0 saturated heterocycles. The third-order valence-electron chi connectivity index (χ3n) is 2.79. The van der Waals surface area contributed by atoms with Crippen molar-refractivity contribution in [3.63, 3.8) is 0 Å². The molecule has 1 heterocycles. The van der Waals surface area contributed by atoms with Gasteiger partial charge in [-0.3, -0.25) is 0 Å². The molecular weight excluding hydrogens is 243 g/mol. The van der Waals surface area contributed by atoms with E-state index in [0.717, 1.165) is 24.3 Å². The maximum atomic E-state index is 13.5. The van der Waals surface area contributed by atoms with Gasteiger partial charge in [-0.05, 0) is 31.2 Å². The molecule has 0 fully saturated rings. The number of hydrogen-bond donors (Lipinski definition) is 1. The predicted octanol–water partition coefficient (Wildman–Crippen LogP) is 3.43. The number of rotatable bonds is 5. The fourth-order valence-corrected chi connectivity index (χ4v) is 1.71. The Hall–Kier alpha value is -1.94. The van der Waals surface area contributed by atoms with Gasteiger partial charge in [0.2, 0.25) is 5.88 Å². The summed E-state index contributed by atoms with van der Waals surface area (Å²) in [5, 5.41) is 3.24. The van der Waals surface area contributed by atoms with Gasteiger partial charge in [-0.15, -0.1) is 0 Å². The van der Waals surface area contributed by atoms with Crippen molar-refractivity contribution >= 4 is 0 Å². The smallest absolute Gasteiger partial charge is 0.219 e. The minimum absolute atomic E-state index is 0.189. The number of para-hydroxylation sites is 1. The van der Waals surface area contributed by atoms with E-state index in [1.54, 1.807) is 24.3 Å². The summed E-state index contributed by atoms with van der Waals surface area (Å²) >= 11 is 0. The van der Waals surface area contributed by atoms with Crippen molar-refractivity contribution < 1.29 is 9.13 Å². The maximum Gasteiger partial charge on any atom is 0.219 e. The minimum atomic E-state index is -0.390. The van der Waals surface area contributed by atoms with E-state index in [4.69, 9.17) is 4.74 Å². The molecule has 0 unspecified atom stereocenters. The number of nitrogens with one attached hydrogen (secondary N) is 1. The molecule has 4 heteroatoms. The summed E-state index contributed by atoms with van der Waals surface area (Å²) in [6.07, 6.45) is 0. The van der Waals surface area contributed by atoms with Crippen molar-refractivity contribution in [3.05, 3.63) is 53.5 Å². The van der Waals surface area contributed by atoms with Crippen molar-refractivity contribution in [1.29, 1.82) is 0 Å². The van der Waals surface area contributed by atoms with E-state index < -0.39 is 5.82 Å². The SMILES string of the molecule is CCNCc1ccc(Oc2ccccc2F)nc1C. The normalized spacial score (nSPS) is 10.5. The summed E-state index contributed by atoms with van der Waals surface area (Å²) in [6.45, 7) is 5.65. The van der Waals surface area contributed by atoms with Crippen LogP contribution in [0.5, 0.6) is 11.6 Å². The average Bonchev–Trinajstić information content (AvgIpc) is 2.40. The molecule has 0 aliphatic rings. The Morgan fingerprint density at radius 1 is 1.21 bits per heavy atom. The number of aromatic nitrogens is 1. The lowest BCUT2D eigenvalue weighted by molar-refractivity contribution is 0.426. The monoisotopic (exact) mass is 260 g/mol. The first-order valence-corrected chi connectivity index (χ1v) is 6.30. The van der Waals surface area contributed by atoms with E-state index in [0.29, 0.717) is 5.88 Å². The van der Waals surface area contributed by atoms with Crippen LogP contribution in [0.3, 0.4) is 0 Å². The maximum absolute atomic E-state index is 13.5. The van der Waals surface area contributed by atoms with Gasteiger partial charge in [-0.2, -0.15) is 0 Å². The highest BCUT2D eigenvalue weighted by Crippen LogP contribution is 2.23. The number of pyridine rings is 1. The van der Waals surface area contributed by atoms with Crippen LogP contribution < -0.4 is 10.1 Å². The van der Waals surface area contributed by atoms with Gasteiger partial charge in [-0.25, -0.2) is 9.37 Å². The second-order valence-corrected chi connectivity index (χ2v) is 4.21. The molecule has 0 amide bonds. The molecule has 1 aromatic heterocycles. The zero-order valence-electron chi connectivity index (χ0n) is 11.1. The first kappa shape index (κ1) is 13.5. The molecule has 1 N–H and O–H groups in total. The molecule has 0 saturated carbocycles. The molecule has 2 rings (SSSR count). The van der Waals surface area contributed by atoms with E-state index in [-0.39, 0.29) is 5.75 Å². The molecule has 2 aromatic rings. The third-order valence-corrected chi connectivity index (χ3v) is 2.79. The van der Waals surface area contributed by atoms with Gasteiger partial charge >= 0.3 is 0 Å². The van der Waals surface area contributed by atoms with Crippen molar-refractivity contribution in [1.82, 2.24) is 10.3 Å². The second-order valence-electron chi connectivity index (χ2n) is 4.21. The Bertz CT molecular complexity index is 558. The van der Waals surface area contributed by atoms with Crippen molar-refractivity contribution in [2.24, 2.45) is 0 Å². The highest BCUT2D eigenvalue weighted by atomic mass is 19.1. The molecular formula is C15H17FN2O. The Kier molecular flexibility index (Phi) is 4.47. The number of halogens is 1. The molecule has 0 aliphatic carbocycles. The van der Waals surface area contributed by atoms with E-state index in [9.17, 15) is 4.39 Å². The Morgan fingerprint density at radius 2 is 2.00 bits per heavy atom. The van der Waals surface area contributed by atoms with Crippen molar-refractivity contribution in [2.45, 2.75) is 20.4 Å². The Balaban J connectivity index is 2.14. The molecule has 100 valence electrons. The first-order chi connectivity index (χ1) is 9.20. The standard InChI is InChI=1S/C15H17FN2O/c1-3-17-10-12-8-9-15(18-11(12)2)19-14-7-5-4-6-13(14)16/h4-9,17H,3,10H2,1-2H3. The van der Waals surface area contributed by atoms with Gasteiger partial charge in [0.15, 0.2) is 11.6 Å². The van der Waals surface area contributed by atoms with Crippen LogP contribution in [0.25, 0.3) is 0 Å². The van der Waals surface area contributed by atoms with Crippen LogP contribution in [0, 0.1) is 12.7 Å². The number of benzene rings is 1. The molecule has 3 nitrogen and oxygen atoms in total. The second kappa shape index (κ2) is 6.29. The molecule has 0 bridgehead atoms. The van der Waals surface area contributed by atoms with E-state index in [2.05, 4.69) is 17.2 Å². The summed E-state index contributed by atoms with van der Waals surface area (Å²) in [5.74, 6) is 0.204. The Labute approximate surface area is 112 Å².